The standard InChI is InChI=1S/C14H24N2/c1-10(14(2,3)4)16-9-8-11-12(15)6-5-7-13(11)16/h8-10,12H,5-7,15H2,1-4H3. The third kappa shape index (κ3) is 1.91. The van der Waals surface area contributed by atoms with Gasteiger partial charge in [-0.2, -0.15) is 0 Å². The Labute approximate surface area is 98.8 Å². The highest BCUT2D eigenvalue weighted by Crippen LogP contribution is 2.36. The SMILES string of the molecule is CC(n1ccc2c1CCCC2N)C(C)(C)C. The van der Waals surface area contributed by atoms with Crippen molar-refractivity contribution >= 4 is 0 Å². The maximum atomic E-state index is 6.16. The topological polar surface area (TPSA) is 30.9 Å². The molecule has 2 rings (SSSR count). The molecule has 2 unspecified atom stereocenters. The monoisotopic (exact) mass is 220 g/mol. The molecule has 1 heterocycles. The summed E-state index contributed by atoms with van der Waals surface area (Å²) in [4.78, 5) is 0. The van der Waals surface area contributed by atoms with Crippen LogP contribution in [0.2, 0.25) is 0 Å². The van der Waals surface area contributed by atoms with E-state index in [9.17, 15) is 0 Å². The van der Waals surface area contributed by atoms with E-state index in [1.165, 1.54) is 24.1 Å². The third-order valence-corrected chi connectivity index (χ3v) is 4.06. The minimum absolute atomic E-state index is 0.261. The van der Waals surface area contributed by atoms with E-state index < -0.39 is 0 Å². The lowest BCUT2D eigenvalue weighted by atomic mass is 9.87. The van der Waals surface area contributed by atoms with Gasteiger partial charge >= 0.3 is 0 Å². The highest BCUT2D eigenvalue weighted by Gasteiger charge is 2.27. The van der Waals surface area contributed by atoms with Crippen molar-refractivity contribution in [1.29, 1.82) is 0 Å². The van der Waals surface area contributed by atoms with Crippen LogP contribution in [0.4, 0.5) is 0 Å². The molecule has 0 spiro atoms. The molecule has 0 bridgehead atoms. The number of fused-ring (bicyclic) bond motifs is 1. The average Bonchev–Trinajstić information content (AvgIpc) is 2.60. The van der Waals surface area contributed by atoms with Crippen molar-refractivity contribution in [3.05, 3.63) is 23.5 Å². The average molecular weight is 220 g/mol. The van der Waals surface area contributed by atoms with E-state index in [0.717, 1.165) is 6.42 Å². The van der Waals surface area contributed by atoms with Crippen LogP contribution in [0.1, 0.15) is 63.9 Å². The Hall–Kier alpha value is -0.760. The lowest BCUT2D eigenvalue weighted by molar-refractivity contribution is 0.256. The number of nitrogens with zero attached hydrogens (tertiary/aromatic N) is 1. The predicted molar refractivity (Wildman–Crippen MR) is 68.5 cm³/mol. The van der Waals surface area contributed by atoms with E-state index in [4.69, 9.17) is 5.73 Å². The summed E-state index contributed by atoms with van der Waals surface area (Å²) in [5.41, 5.74) is 9.31. The van der Waals surface area contributed by atoms with Gasteiger partial charge in [-0.3, -0.25) is 0 Å². The molecule has 16 heavy (non-hydrogen) atoms. The van der Waals surface area contributed by atoms with Crippen molar-refractivity contribution in [1.82, 2.24) is 4.57 Å². The van der Waals surface area contributed by atoms with Crippen molar-refractivity contribution in [2.75, 3.05) is 0 Å². The van der Waals surface area contributed by atoms with Crippen molar-refractivity contribution in [2.24, 2.45) is 11.1 Å². The van der Waals surface area contributed by atoms with E-state index in [-0.39, 0.29) is 6.04 Å². The molecule has 0 saturated carbocycles. The highest BCUT2D eigenvalue weighted by molar-refractivity contribution is 5.29. The first-order chi connectivity index (χ1) is 7.41. The first-order valence-electron chi connectivity index (χ1n) is 6.36. The van der Waals surface area contributed by atoms with Crippen LogP contribution in [0.25, 0.3) is 0 Å². The zero-order chi connectivity index (χ0) is 11.9. The molecular weight excluding hydrogens is 196 g/mol. The van der Waals surface area contributed by atoms with Gasteiger partial charge in [-0.25, -0.2) is 0 Å². The molecule has 0 aromatic carbocycles. The molecule has 2 nitrogen and oxygen atoms in total. The Morgan fingerprint density at radius 1 is 1.44 bits per heavy atom. The lowest BCUT2D eigenvalue weighted by Crippen LogP contribution is -2.25. The van der Waals surface area contributed by atoms with Crippen LogP contribution >= 0.6 is 0 Å². The van der Waals surface area contributed by atoms with Gasteiger partial charge in [-0.1, -0.05) is 20.8 Å². The molecule has 0 aliphatic heterocycles. The Bertz CT molecular complexity index is 371. The fourth-order valence-electron chi connectivity index (χ4n) is 2.53. The smallest absolute Gasteiger partial charge is 0.0353 e. The third-order valence-electron chi connectivity index (χ3n) is 4.06. The zero-order valence-electron chi connectivity index (χ0n) is 11.0. The van der Waals surface area contributed by atoms with Gasteiger partial charge in [-0.15, -0.1) is 0 Å². The van der Waals surface area contributed by atoms with E-state index in [0.29, 0.717) is 11.5 Å². The van der Waals surface area contributed by atoms with Crippen molar-refractivity contribution < 1.29 is 0 Å². The molecule has 0 radical (unpaired) electrons. The molecule has 1 aromatic heterocycles. The molecule has 2 N–H and O–H groups in total. The minimum Gasteiger partial charge on any atom is -0.348 e. The van der Waals surface area contributed by atoms with Gasteiger partial charge in [-0.05, 0) is 43.2 Å². The summed E-state index contributed by atoms with van der Waals surface area (Å²) >= 11 is 0. The van der Waals surface area contributed by atoms with Crippen molar-refractivity contribution in [3.8, 4) is 0 Å². The van der Waals surface area contributed by atoms with Crippen LogP contribution in [0, 0.1) is 5.41 Å². The molecule has 2 heteroatoms. The summed E-state index contributed by atoms with van der Waals surface area (Å²) in [5, 5.41) is 0. The highest BCUT2D eigenvalue weighted by atomic mass is 15.0. The number of nitrogens with two attached hydrogens (primary N) is 1. The molecule has 1 aromatic rings. The largest absolute Gasteiger partial charge is 0.348 e. The number of rotatable bonds is 1. The van der Waals surface area contributed by atoms with E-state index in [2.05, 4.69) is 44.5 Å². The van der Waals surface area contributed by atoms with E-state index in [1.807, 2.05) is 0 Å². The van der Waals surface area contributed by atoms with Crippen LogP contribution in [0.3, 0.4) is 0 Å². The molecule has 90 valence electrons. The van der Waals surface area contributed by atoms with E-state index >= 15 is 0 Å². The predicted octanol–water partition coefficient (Wildman–Crippen LogP) is 3.43. The summed E-state index contributed by atoms with van der Waals surface area (Å²) in [6.45, 7) is 9.20. The van der Waals surface area contributed by atoms with Gasteiger partial charge in [0.05, 0.1) is 0 Å². The Kier molecular flexibility index (Phi) is 2.87. The lowest BCUT2D eigenvalue weighted by Gasteiger charge is -2.32. The maximum Gasteiger partial charge on any atom is 0.0353 e. The first kappa shape index (κ1) is 11.7. The second kappa shape index (κ2) is 3.92. The van der Waals surface area contributed by atoms with Gasteiger partial charge in [0.2, 0.25) is 0 Å². The van der Waals surface area contributed by atoms with Gasteiger partial charge in [0.15, 0.2) is 0 Å². The molecule has 0 saturated heterocycles. The molecule has 0 fully saturated rings. The summed E-state index contributed by atoms with van der Waals surface area (Å²) < 4.78 is 2.44. The van der Waals surface area contributed by atoms with Crippen LogP contribution in [-0.4, -0.2) is 4.57 Å². The number of aromatic nitrogens is 1. The minimum atomic E-state index is 0.261. The molecule has 2 atom stereocenters. The van der Waals surface area contributed by atoms with E-state index in [1.54, 1.807) is 0 Å². The number of hydrogen-bond acceptors (Lipinski definition) is 1. The van der Waals surface area contributed by atoms with Crippen molar-refractivity contribution in [2.45, 2.75) is 59.0 Å². The fourth-order valence-corrected chi connectivity index (χ4v) is 2.53. The van der Waals surface area contributed by atoms with Gasteiger partial charge < -0.3 is 10.3 Å². The summed E-state index contributed by atoms with van der Waals surface area (Å²) in [7, 11) is 0. The van der Waals surface area contributed by atoms with Gasteiger partial charge in [0.25, 0.3) is 0 Å². The van der Waals surface area contributed by atoms with Gasteiger partial charge in [0.1, 0.15) is 0 Å². The normalized spacial score (nSPS) is 22.9. The fraction of sp³-hybridized carbons (Fsp3) is 0.714. The second-order valence-electron chi connectivity index (χ2n) is 6.17. The first-order valence-corrected chi connectivity index (χ1v) is 6.36. The zero-order valence-corrected chi connectivity index (χ0v) is 11.0. The maximum absolute atomic E-state index is 6.16. The van der Waals surface area contributed by atoms with Crippen LogP contribution in [-0.2, 0) is 6.42 Å². The second-order valence-corrected chi connectivity index (χ2v) is 6.17. The van der Waals surface area contributed by atoms with Gasteiger partial charge in [0, 0.05) is 24.0 Å². The summed E-state index contributed by atoms with van der Waals surface area (Å²) in [6.07, 6.45) is 5.79. The van der Waals surface area contributed by atoms with Crippen LogP contribution in [0.15, 0.2) is 12.3 Å². The molecular formula is C14H24N2. The Balaban J connectivity index is 2.37. The quantitative estimate of drug-likeness (QED) is 0.772. The molecule has 1 aliphatic rings. The Morgan fingerprint density at radius 3 is 2.75 bits per heavy atom. The van der Waals surface area contributed by atoms with Crippen LogP contribution < -0.4 is 5.73 Å². The molecule has 1 aliphatic carbocycles. The Morgan fingerprint density at radius 2 is 2.12 bits per heavy atom. The summed E-state index contributed by atoms with van der Waals surface area (Å²) in [5.74, 6) is 0. The van der Waals surface area contributed by atoms with Crippen molar-refractivity contribution in [3.63, 3.8) is 0 Å². The molecule has 0 amide bonds. The summed E-state index contributed by atoms with van der Waals surface area (Å²) in [6, 6.07) is 3.01. The number of hydrogen-bond donors (Lipinski definition) is 1. The van der Waals surface area contributed by atoms with Crippen LogP contribution in [0.5, 0.6) is 0 Å².